The van der Waals surface area contributed by atoms with Crippen LogP contribution in [-0.4, -0.2) is 97.5 Å². The van der Waals surface area contributed by atoms with Gasteiger partial charge in [0.05, 0.1) is 19.8 Å². The molecule has 4 N–H and O–H groups in total. The Hall–Kier alpha value is -1.68. The lowest BCUT2D eigenvalue weighted by Crippen LogP contribution is -2.60. The molecule has 12 nitrogen and oxygen atoms in total. The first-order valence-corrected chi connectivity index (χ1v) is 21.1. The molecular formula is C39H70O12S. The van der Waals surface area contributed by atoms with E-state index < -0.39 is 59.8 Å². The smallest absolute Gasteiger partial charge is 0.397 e. The lowest BCUT2D eigenvalue weighted by molar-refractivity contribution is -0.301. The Balaban J connectivity index is 2.53. The number of ether oxygens (including phenoxy) is 4. The largest absolute Gasteiger partial charge is 0.457 e. The highest BCUT2D eigenvalue weighted by atomic mass is 32.3. The van der Waals surface area contributed by atoms with E-state index in [2.05, 4.69) is 54.5 Å². The van der Waals surface area contributed by atoms with Crippen molar-refractivity contribution in [2.45, 2.75) is 179 Å². The third kappa shape index (κ3) is 25.4. The SMILES string of the molecule is CC/C=C\C/C=C\C/C=C\CCCCCC(=O)OC(COCCCCCCCCCCCCCC)COC1OC(CO)C(O)C(OS(=O)(=O)O)C1O. The molecule has 1 fully saturated rings. The van der Waals surface area contributed by atoms with Crippen LogP contribution in [0.2, 0.25) is 0 Å². The third-order valence-corrected chi connectivity index (χ3v) is 9.24. The number of carbonyl (C=O) groups is 1. The van der Waals surface area contributed by atoms with Gasteiger partial charge in [0.15, 0.2) is 6.29 Å². The zero-order chi connectivity index (χ0) is 38.3. The third-order valence-electron chi connectivity index (χ3n) is 8.78. The molecule has 304 valence electrons. The number of carbonyl (C=O) groups excluding carboxylic acids is 1. The van der Waals surface area contributed by atoms with E-state index in [1.807, 2.05) is 0 Å². The fourth-order valence-electron chi connectivity index (χ4n) is 5.80. The van der Waals surface area contributed by atoms with Crippen LogP contribution in [0.25, 0.3) is 0 Å². The van der Waals surface area contributed by atoms with Gasteiger partial charge in [-0.25, -0.2) is 4.18 Å². The molecule has 6 atom stereocenters. The van der Waals surface area contributed by atoms with Crippen LogP contribution in [0.15, 0.2) is 36.5 Å². The van der Waals surface area contributed by atoms with Crippen molar-refractivity contribution < 1.29 is 56.2 Å². The molecule has 0 spiro atoms. The molecule has 0 aromatic heterocycles. The molecule has 0 radical (unpaired) electrons. The lowest BCUT2D eigenvalue weighted by Gasteiger charge is -2.41. The minimum absolute atomic E-state index is 0.0255. The molecular weight excluding hydrogens is 692 g/mol. The highest BCUT2D eigenvalue weighted by molar-refractivity contribution is 7.80. The van der Waals surface area contributed by atoms with Crippen molar-refractivity contribution in [3.63, 3.8) is 0 Å². The van der Waals surface area contributed by atoms with Gasteiger partial charge in [0.25, 0.3) is 0 Å². The normalized spacial score (nSPS) is 21.8. The Morgan fingerprint density at radius 2 is 1.33 bits per heavy atom. The van der Waals surface area contributed by atoms with Gasteiger partial charge in [-0.15, -0.1) is 0 Å². The summed E-state index contributed by atoms with van der Waals surface area (Å²) in [7, 11) is -5.06. The molecule has 0 amide bonds. The molecule has 0 aromatic carbocycles. The van der Waals surface area contributed by atoms with Gasteiger partial charge in [-0.2, -0.15) is 8.42 Å². The maximum Gasteiger partial charge on any atom is 0.397 e. The predicted octanol–water partition coefficient (Wildman–Crippen LogP) is 7.07. The fraction of sp³-hybridized carbons (Fsp3) is 0.821. The Labute approximate surface area is 313 Å². The van der Waals surface area contributed by atoms with E-state index in [4.69, 9.17) is 23.5 Å². The van der Waals surface area contributed by atoms with Crippen molar-refractivity contribution in [2.75, 3.05) is 26.4 Å². The van der Waals surface area contributed by atoms with Crippen molar-refractivity contribution in [3.05, 3.63) is 36.5 Å². The van der Waals surface area contributed by atoms with Crippen molar-refractivity contribution in [2.24, 2.45) is 0 Å². The number of allylic oxidation sites excluding steroid dienone is 6. The van der Waals surface area contributed by atoms with E-state index in [-0.39, 0.29) is 19.6 Å². The second-order valence-corrected chi connectivity index (χ2v) is 14.5. The molecule has 1 saturated heterocycles. The van der Waals surface area contributed by atoms with Crippen LogP contribution in [0.3, 0.4) is 0 Å². The van der Waals surface area contributed by atoms with E-state index in [1.165, 1.54) is 57.8 Å². The average Bonchev–Trinajstić information content (AvgIpc) is 3.11. The number of rotatable bonds is 33. The van der Waals surface area contributed by atoms with E-state index in [9.17, 15) is 28.5 Å². The van der Waals surface area contributed by atoms with Crippen LogP contribution in [0.5, 0.6) is 0 Å². The summed E-state index contributed by atoms with van der Waals surface area (Å²) in [4.78, 5) is 12.7. The average molecular weight is 763 g/mol. The van der Waals surface area contributed by atoms with Gasteiger partial charge < -0.3 is 34.3 Å². The topological polar surface area (TPSA) is 178 Å². The summed E-state index contributed by atoms with van der Waals surface area (Å²) in [6.45, 7) is 3.81. The second kappa shape index (κ2) is 31.6. The van der Waals surface area contributed by atoms with Crippen LogP contribution in [0.1, 0.15) is 142 Å². The summed E-state index contributed by atoms with van der Waals surface area (Å²) in [6.07, 6.45) is 24.7. The predicted molar refractivity (Wildman–Crippen MR) is 202 cm³/mol. The summed E-state index contributed by atoms with van der Waals surface area (Å²) in [5.74, 6) is -0.429. The van der Waals surface area contributed by atoms with Gasteiger partial charge in [0.1, 0.15) is 30.5 Å². The number of aliphatic hydroxyl groups excluding tert-OH is 3. The number of hydrogen-bond acceptors (Lipinski definition) is 11. The molecule has 0 bridgehead atoms. The minimum Gasteiger partial charge on any atom is -0.457 e. The summed E-state index contributed by atoms with van der Waals surface area (Å²) in [5.41, 5.74) is 0. The van der Waals surface area contributed by atoms with Crippen molar-refractivity contribution in [3.8, 4) is 0 Å². The lowest BCUT2D eigenvalue weighted by atomic mass is 9.99. The van der Waals surface area contributed by atoms with Crippen molar-refractivity contribution in [1.82, 2.24) is 0 Å². The Bertz CT molecular complexity index is 1060. The maximum absolute atomic E-state index is 12.7. The van der Waals surface area contributed by atoms with Crippen molar-refractivity contribution >= 4 is 16.4 Å². The summed E-state index contributed by atoms with van der Waals surface area (Å²) in [5, 5.41) is 30.5. The molecule has 1 aliphatic rings. The Morgan fingerprint density at radius 3 is 1.92 bits per heavy atom. The molecule has 1 aliphatic heterocycles. The summed E-state index contributed by atoms with van der Waals surface area (Å²) >= 11 is 0. The second-order valence-electron chi connectivity index (χ2n) is 13.5. The molecule has 1 heterocycles. The molecule has 0 saturated carbocycles. The van der Waals surface area contributed by atoms with E-state index in [1.54, 1.807) is 0 Å². The Kier molecular flexibility index (Phi) is 29.4. The number of unbranched alkanes of at least 4 members (excludes halogenated alkanes) is 14. The zero-order valence-electron chi connectivity index (χ0n) is 31.9. The summed E-state index contributed by atoms with van der Waals surface area (Å²) in [6, 6.07) is 0. The van der Waals surface area contributed by atoms with Crippen LogP contribution in [-0.2, 0) is 38.3 Å². The Morgan fingerprint density at radius 1 is 0.750 bits per heavy atom. The van der Waals surface area contributed by atoms with Gasteiger partial charge in [0, 0.05) is 13.0 Å². The van der Waals surface area contributed by atoms with Gasteiger partial charge in [-0.1, -0.05) is 127 Å². The van der Waals surface area contributed by atoms with Gasteiger partial charge in [-0.3, -0.25) is 9.35 Å². The van der Waals surface area contributed by atoms with E-state index in [0.717, 1.165) is 57.8 Å². The van der Waals surface area contributed by atoms with Gasteiger partial charge in [-0.05, 0) is 44.9 Å². The molecule has 6 unspecified atom stereocenters. The van der Waals surface area contributed by atoms with Crippen LogP contribution in [0, 0.1) is 0 Å². The quantitative estimate of drug-likeness (QED) is 0.0232. The highest BCUT2D eigenvalue weighted by Crippen LogP contribution is 2.26. The number of aliphatic hydroxyl groups is 3. The molecule has 13 heteroatoms. The zero-order valence-corrected chi connectivity index (χ0v) is 32.7. The van der Waals surface area contributed by atoms with E-state index >= 15 is 0 Å². The van der Waals surface area contributed by atoms with Crippen LogP contribution >= 0.6 is 0 Å². The molecule has 52 heavy (non-hydrogen) atoms. The monoisotopic (exact) mass is 762 g/mol. The molecule has 0 aliphatic carbocycles. The number of esters is 1. The number of hydrogen-bond donors (Lipinski definition) is 4. The molecule has 1 rings (SSSR count). The first-order chi connectivity index (χ1) is 25.1. The molecule has 0 aromatic rings. The van der Waals surface area contributed by atoms with Gasteiger partial charge >= 0.3 is 16.4 Å². The van der Waals surface area contributed by atoms with Crippen LogP contribution in [0.4, 0.5) is 0 Å². The fourth-order valence-corrected chi connectivity index (χ4v) is 6.31. The standard InChI is InChI=1S/C39H70O12S/c1-3-5-7-9-11-13-15-17-18-20-22-24-26-28-35(41)49-33(31-47-29-27-25-23-21-19-16-14-12-10-8-6-4-2)32-48-39-37(43)38(51-52(44,45)46)36(42)34(30-40)50-39/h5,7,11,13,17-18,33-34,36-40,42-43H,3-4,6,8-10,12,14-16,19-32H2,1-2H3,(H,44,45,46)/b7-5-,13-11-,18-17-. The first-order valence-electron chi connectivity index (χ1n) is 19.7. The summed E-state index contributed by atoms with van der Waals surface area (Å²) < 4.78 is 58.7. The minimum atomic E-state index is -5.06. The van der Waals surface area contributed by atoms with Crippen LogP contribution < -0.4 is 0 Å². The highest BCUT2D eigenvalue weighted by Gasteiger charge is 2.48. The first kappa shape index (κ1) is 48.3. The van der Waals surface area contributed by atoms with E-state index in [0.29, 0.717) is 13.0 Å². The van der Waals surface area contributed by atoms with Crippen molar-refractivity contribution in [1.29, 1.82) is 0 Å². The maximum atomic E-state index is 12.7. The van der Waals surface area contributed by atoms with Gasteiger partial charge in [0.2, 0.25) is 0 Å².